The van der Waals surface area contributed by atoms with Crippen LogP contribution >= 0.6 is 0 Å². The lowest BCUT2D eigenvalue weighted by Crippen LogP contribution is -2.54. The van der Waals surface area contributed by atoms with Crippen molar-refractivity contribution < 1.29 is 14.3 Å². The number of nitrogens with two attached hydrogens (primary N) is 1. The lowest BCUT2D eigenvalue weighted by Gasteiger charge is -2.34. The number of hydrogen-bond donors (Lipinski definition) is 1. The van der Waals surface area contributed by atoms with Gasteiger partial charge in [-0.15, -0.1) is 0 Å². The number of hydrogen-bond acceptors (Lipinski definition) is 5. The molecule has 100 valence electrons. The van der Waals surface area contributed by atoms with Crippen molar-refractivity contribution >= 4 is 12.0 Å². The maximum absolute atomic E-state index is 11.8. The third-order valence-electron chi connectivity index (χ3n) is 2.75. The average molecular weight is 254 g/mol. The Bertz CT molecular complexity index is 345. The van der Waals surface area contributed by atoms with Gasteiger partial charge in [0.25, 0.3) is 0 Å². The van der Waals surface area contributed by atoms with Gasteiger partial charge in [-0.1, -0.05) is 0 Å². The summed E-state index contributed by atoms with van der Waals surface area (Å²) in [5.41, 5.74) is 5.58. The second kappa shape index (κ2) is 6.81. The lowest BCUT2D eigenvalue weighted by molar-refractivity contribution is -0.134. The lowest BCUT2D eigenvalue weighted by atomic mass is 10.2. The minimum Gasteiger partial charge on any atom is -0.450 e. The second-order valence-corrected chi connectivity index (χ2v) is 3.98. The monoisotopic (exact) mass is 254 g/mol. The zero-order valence-electron chi connectivity index (χ0n) is 10.5. The zero-order chi connectivity index (χ0) is 13.5. The summed E-state index contributed by atoms with van der Waals surface area (Å²) in [5, 5.41) is 8.49. The number of carbonyl (C=O) groups excluding carboxylic acids is 2. The molecule has 1 fully saturated rings. The van der Waals surface area contributed by atoms with Gasteiger partial charge < -0.3 is 20.3 Å². The number of rotatable bonds is 3. The smallest absolute Gasteiger partial charge is 0.409 e. The first kappa shape index (κ1) is 14.3. The molecule has 0 bridgehead atoms. The molecule has 7 heteroatoms. The van der Waals surface area contributed by atoms with E-state index in [4.69, 9.17) is 15.7 Å². The first-order chi connectivity index (χ1) is 8.60. The molecule has 1 aliphatic heterocycles. The Labute approximate surface area is 106 Å². The van der Waals surface area contributed by atoms with Crippen LogP contribution in [0.1, 0.15) is 13.3 Å². The van der Waals surface area contributed by atoms with E-state index in [-0.39, 0.29) is 18.4 Å². The number of ether oxygens (including phenoxy) is 1. The maximum Gasteiger partial charge on any atom is 0.409 e. The molecule has 1 rings (SSSR count). The first-order valence-corrected chi connectivity index (χ1v) is 5.93. The highest BCUT2D eigenvalue weighted by Crippen LogP contribution is 2.06. The van der Waals surface area contributed by atoms with Gasteiger partial charge in [0.05, 0.1) is 25.1 Å². The highest BCUT2D eigenvalue weighted by molar-refractivity contribution is 5.82. The third kappa shape index (κ3) is 3.60. The van der Waals surface area contributed by atoms with Gasteiger partial charge in [-0.05, 0) is 6.92 Å². The van der Waals surface area contributed by atoms with Crippen LogP contribution < -0.4 is 5.73 Å². The van der Waals surface area contributed by atoms with E-state index in [2.05, 4.69) is 0 Å². The molecular weight excluding hydrogens is 236 g/mol. The molecule has 1 heterocycles. The van der Waals surface area contributed by atoms with Gasteiger partial charge in [0.1, 0.15) is 0 Å². The van der Waals surface area contributed by atoms with Crippen molar-refractivity contribution in [3.63, 3.8) is 0 Å². The first-order valence-electron chi connectivity index (χ1n) is 5.93. The van der Waals surface area contributed by atoms with Crippen molar-refractivity contribution in [1.82, 2.24) is 9.80 Å². The molecule has 7 nitrogen and oxygen atoms in total. The minimum absolute atomic E-state index is 0.0108. The van der Waals surface area contributed by atoms with Crippen LogP contribution in [0.25, 0.3) is 0 Å². The molecule has 0 radical (unpaired) electrons. The summed E-state index contributed by atoms with van der Waals surface area (Å²) in [4.78, 5) is 26.4. The van der Waals surface area contributed by atoms with Crippen molar-refractivity contribution in [2.45, 2.75) is 19.4 Å². The van der Waals surface area contributed by atoms with Gasteiger partial charge in [-0.3, -0.25) is 4.79 Å². The number of amides is 2. The van der Waals surface area contributed by atoms with Gasteiger partial charge in [0, 0.05) is 26.2 Å². The minimum atomic E-state index is -0.774. The van der Waals surface area contributed by atoms with E-state index >= 15 is 0 Å². The second-order valence-electron chi connectivity index (χ2n) is 3.98. The predicted octanol–water partition coefficient (Wildman–Crippen LogP) is -0.472. The molecule has 0 aromatic carbocycles. The molecule has 1 saturated heterocycles. The van der Waals surface area contributed by atoms with E-state index in [9.17, 15) is 9.59 Å². The largest absolute Gasteiger partial charge is 0.450 e. The van der Waals surface area contributed by atoms with Crippen LogP contribution in [-0.2, 0) is 9.53 Å². The molecule has 0 spiro atoms. The van der Waals surface area contributed by atoms with Crippen molar-refractivity contribution in [2.24, 2.45) is 5.73 Å². The molecular formula is C11H18N4O3. The van der Waals surface area contributed by atoms with Crippen molar-refractivity contribution in [3.8, 4) is 6.07 Å². The SMILES string of the molecule is CCOC(=O)N1CCN(C(=O)C(N)CC#N)CC1. The Morgan fingerprint density at radius 2 is 1.89 bits per heavy atom. The Balaban J connectivity index is 2.42. The van der Waals surface area contributed by atoms with Crippen LogP contribution in [-0.4, -0.2) is 60.6 Å². The fourth-order valence-corrected chi connectivity index (χ4v) is 1.74. The molecule has 1 aliphatic rings. The number of piperazine rings is 1. The number of carbonyl (C=O) groups is 2. The summed E-state index contributed by atoms with van der Waals surface area (Å²) in [6.45, 7) is 3.81. The van der Waals surface area contributed by atoms with E-state index < -0.39 is 6.04 Å². The van der Waals surface area contributed by atoms with Crippen molar-refractivity contribution in [2.75, 3.05) is 32.8 Å². The van der Waals surface area contributed by atoms with Crippen LogP contribution in [0.15, 0.2) is 0 Å². The van der Waals surface area contributed by atoms with Crippen LogP contribution in [0.3, 0.4) is 0 Å². The molecule has 0 aromatic rings. The van der Waals surface area contributed by atoms with Crippen LogP contribution in [0.2, 0.25) is 0 Å². The number of nitriles is 1. The van der Waals surface area contributed by atoms with Gasteiger partial charge in [0.2, 0.25) is 5.91 Å². The maximum atomic E-state index is 11.8. The quantitative estimate of drug-likeness (QED) is 0.733. The van der Waals surface area contributed by atoms with Crippen LogP contribution in [0.4, 0.5) is 4.79 Å². The Hall–Kier alpha value is -1.81. The topological polar surface area (TPSA) is 99.7 Å². The summed E-state index contributed by atoms with van der Waals surface area (Å²) in [6.07, 6.45) is -0.345. The normalized spacial score (nSPS) is 16.9. The third-order valence-corrected chi connectivity index (χ3v) is 2.75. The molecule has 1 atom stereocenters. The van der Waals surface area contributed by atoms with Crippen LogP contribution in [0.5, 0.6) is 0 Å². The van der Waals surface area contributed by atoms with E-state index in [1.165, 1.54) is 0 Å². The Morgan fingerprint density at radius 1 is 1.33 bits per heavy atom. The van der Waals surface area contributed by atoms with Gasteiger partial charge in [-0.2, -0.15) is 5.26 Å². The van der Waals surface area contributed by atoms with E-state index in [0.29, 0.717) is 32.8 Å². The Kier molecular flexibility index (Phi) is 5.39. The van der Waals surface area contributed by atoms with Crippen LogP contribution in [0, 0.1) is 11.3 Å². The highest BCUT2D eigenvalue weighted by Gasteiger charge is 2.27. The average Bonchev–Trinajstić information content (AvgIpc) is 2.38. The van der Waals surface area contributed by atoms with E-state index in [0.717, 1.165) is 0 Å². The zero-order valence-corrected chi connectivity index (χ0v) is 10.5. The summed E-state index contributed by atoms with van der Waals surface area (Å²) < 4.78 is 4.88. The summed E-state index contributed by atoms with van der Waals surface area (Å²) in [7, 11) is 0. The fourth-order valence-electron chi connectivity index (χ4n) is 1.74. The molecule has 0 aromatic heterocycles. The van der Waals surface area contributed by atoms with E-state index in [1.54, 1.807) is 16.7 Å². The molecule has 0 aliphatic carbocycles. The van der Waals surface area contributed by atoms with Gasteiger partial charge >= 0.3 is 6.09 Å². The highest BCUT2D eigenvalue weighted by atomic mass is 16.6. The molecule has 18 heavy (non-hydrogen) atoms. The standard InChI is InChI=1S/C11H18N4O3/c1-2-18-11(17)15-7-5-14(6-8-15)10(16)9(13)3-4-12/h9H,2-3,5-8,13H2,1H3. The molecule has 2 amide bonds. The van der Waals surface area contributed by atoms with Crippen molar-refractivity contribution in [3.05, 3.63) is 0 Å². The summed E-state index contributed by atoms with van der Waals surface area (Å²) >= 11 is 0. The summed E-state index contributed by atoms with van der Waals surface area (Å²) in [5.74, 6) is -0.236. The predicted molar refractivity (Wildman–Crippen MR) is 63.4 cm³/mol. The van der Waals surface area contributed by atoms with E-state index in [1.807, 2.05) is 6.07 Å². The summed E-state index contributed by atoms with van der Waals surface area (Å²) in [6, 6.07) is 1.10. The molecule has 1 unspecified atom stereocenters. The molecule has 2 N–H and O–H groups in total. The fraction of sp³-hybridized carbons (Fsp3) is 0.727. The Morgan fingerprint density at radius 3 is 2.39 bits per heavy atom. The van der Waals surface area contributed by atoms with Gasteiger partial charge in [0.15, 0.2) is 0 Å². The number of nitrogens with zero attached hydrogens (tertiary/aromatic N) is 3. The van der Waals surface area contributed by atoms with Crippen molar-refractivity contribution in [1.29, 1.82) is 5.26 Å². The van der Waals surface area contributed by atoms with Gasteiger partial charge in [-0.25, -0.2) is 4.79 Å². The molecule has 0 saturated carbocycles.